The number of carbonyl (C=O) groups excluding carboxylic acids is 1. The normalized spacial score (nSPS) is 27.5. The van der Waals surface area contributed by atoms with Crippen LogP contribution in [0.4, 0.5) is 0 Å². The van der Waals surface area contributed by atoms with Crippen molar-refractivity contribution in [1.29, 1.82) is 0 Å². The highest BCUT2D eigenvalue weighted by atomic mass is 16.6. The van der Waals surface area contributed by atoms with Gasteiger partial charge in [-0.25, -0.2) is 4.79 Å². The van der Waals surface area contributed by atoms with Crippen molar-refractivity contribution in [2.24, 2.45) is 0 Å². The van der Waals surface area contributed by atoms with Gasteiger partial charge in [-0.05, 0) is 32.8 Å². The summed E-state index contributed by atoms with van der Waals surface area (Å²) in [5.41, 5.74) is 0.190. The lowest BCUT2D eigenvalue weighted by atomic mass is 9.96. The first kappa shape index (κ1) is 11.0. The number of carbonyl (C=O) groups is 1. The molecule has 1 rings (SSSR count). The van der Waals surface area contributed by atoms with E-state index in [0.717, 1.165) is 5.57 Å². The van der Waals surface area contributed by atoms with E-state index < -0.39 is 11.7 Å². The molecule has 2 atom stereocenters. The molecule has 0 radical (unpaired) electrons. The van der Waals surface area contributed by atoms with Gasteiger partial charge in [0.05, 0.1) is 6.10 Å². The number of rotatable bonds is 4. The summed E-state index contributed by atoms with van der Waals surface area (Å²) in [4.78, 5) is 10.8. The molecular weight excluding hydrogens is 180 g/mol. The highest BCUT2D eigenvalue weighted by molar-refractivity contribution is 5.85. The maximum absolute atomic E-state index is 10.8. The predicted molar refractivity (Wildman–Crippen MR) is 53.7 cm³/mol. The van der Waals surface area contributed by atoms with Crippen LogP contribution in [-0.4, -0.2) is 22.8 Å². The van der Waals surface area contributed by atoms with Crippen LogP contribution >= 0.6 is 0 Å². The van der Waals surface area contributed by atoms with Crippen LogP contribution in [0.2, 0.25) is 0 Å². The molecular formula is C11H16O3. The van der Waals surface area contributed by atoms with Crippen LogP contribution in [0.3, 0.4) is 0 Å². The number of hydrogen-bond donors (Lipinski definition) is 1. The van der Waals surface area contributed by atoms with Crippen LogP contribution < -0.4 is 0 Å². The van der Waals surface area contributed by atoms with Crippen molar-refractivity contribution in [3.05, 3.63) is 24.3 Å². The molecule has 0 saturated heterocycles. The Morgan fingerprint density at radius 2 is 2.43 bits per heavy atom. The smallest absolute Gasteiger partial charge is 0.331 e. The van der Waals surface area contributed by atoms with Crippen molar-refractivity contribution >= 4 is 5.97 Å². The van der Waals surface area contributed by atoms with E-state index in [1.165, 1.54) is 6.08 Å². The molecule has 0 aromatic heterocycles. The number of ether oxygens (including phenoxy) is 1. The third-order valence-corrected chi connectivity index (χ3v) is 2.39. The monoisotopic (exact) mass is 196 g/mol. The summed E-state index contributed by atoms with van der Waals surface area (Å²) in [6.45, 7) is 7.28. The van der Waals surface area contributed by atoms with Gasteiger partial charge in [-0.2, -0.15) is 0 Å². The maximum Gasteiger partial charge on any atom is 0.331 e. The number of cyclic esters (lactones) is 1. The fraction of sp³-hybridized carbons (Fsp3) is 0.545. The van der Waals surface area contributed by atoms with Gasteiger partial charge in [0.2, 0.25) is 0 Å². The fourth-order valence-corrected chi connectivity index (χ4v) is 1.35. The third-order valence-electron chi connectivity index (χ3n) is 2.39. The summed E-state index contributed by atoms with van der Waals surface area (Å²) in [5, 5.41) is 9.50. The van der Waals surface area contributed by atoms with Crippen molar-refractivity contribution in [1.82, 2.24) is 0 Å². The highest BCUT2D eigenvalue weighted by Gasteiger charge is 2.30. The Labute approximate surface area is 84.1 Å². The third kappa shape index (κ3) is 2.70. The van der Waals surface area contributed by atoms with Crippen LogP contribution in [0.5, 0.6) is 0 Å². The van der Waals surface area contributed by atoms with Gasteiger partial charge < -0.3 is 9.84 Å². The molecule has 0 bridgehead atoms. The molecule has 3 nitrogen and oxygen atoms in total. The molecule has 0 unspecified atom stereocenters. The van der Waals surface area contributed by atoms with Gasteiger partial charge in [0.25, 0.3) is 0 Å². The zero-order valence-electron chi connectivity index (χ0n) is 8.62. The molecule has 14 heavy (non-hydrogen) atoms. The van der Waals surface area contributed by atoms with E-state index in [1.807, 2.05) is 6.92 Å². The molecule has 1 aliphatic heterocycles. The Kier molecular flexibility index (Phi) is 3.11. The van der Waals surface area contributed by atoms with Gasteiger partial charge >= 0.3 is 5.97 Å². The van der Waals surface area contributed by atoms with Crippen LogP contribution in [0.25, 0.3) is 0 Å². The van der Waals surface area contributed by atoms with Gasteiger partial charge in [0.1, 0.15) is 5.60 Å². The minimum atomic E-state index is -0.548. The largest absolute Gasteiger partial charge is 0.452 e. The van der Waals surface area contributed by atoms with Gasteiger partial charge in [-0.15, -0.1) is 0 Å². The zero-order chi connectivity index (χ0) is 10.8. The van der Waals surface area contributed by atoms with Crippen LogP contribution in [0, 0.1) is 0 Å². The summed E-state index contributed by atoms with van der Waals surface area (Å²) < 4.78 is 5.09. The van der Waals surface area contributed by atoms with E-state index in [1.54, 1.807) is 13.0 Å². The lowest BCUT2D eigenvalue weighted by Crippen LogP contribution is -2.25. The van der Waals surface area contributed by atoms with Gasteiger partial charge in [0, 0.05) is 6.08 Å². The number of aliphatic hydroxyl groups excluding tert-OH is 1. The topological polar surface area (TPSA) is 46.5 Å². The molecule has 0 spiro atoms. The van der Waals surface area contributed by atoms with Crippen molar-refractivity contribution in [2.45, 2.75) is 38.4 Å². The fourth-order valence-electron chi connectivity index (χ4n) is 1.35. The van der Waals surface area contributed by atoms with Crippen molar-refractivity contribution in [3.63, 3.8) is 0 Å². The van der Waals surface area contributed by atoms with E-state index >= 15 is 0 Å². The minimum Gasteiger partial charge on any atom is -0.452 e. The second-order valence-electron chi connectivity index (χ2n) is 3.97. The van der Waals surface area contributed by atoms with E-state index in [9.17, 15) is 9.90 Å². The lowest BCUT2D eigenvalue weighted by molar-refractivity contribution is -0.145. The van der Waals surface area contributed by atoms with Crippen LogP contribution in [-0.2, 0) is 9.53 Å². The number of aliphatic hydroxyl groups is 1. The van der Waals surface area contributed by atoms with E-state index in [4.69, 9.17) is 4.74 Å². The van der Waals surface area contributed by atoms with E-state index in [2.05, 4.69) is 6.58 Å². The molecule has 0 aromatic carbocycles. The Morgan fingerprint density at radius 1 is 1.79 bits per heavy atom. The first-order valence-corrected chi connectivity index (χ1v) is 4.69. The molecule has 3 heteroatoms. The quantitative estimate of drug-likeness (QED) is 0.548. The Hall–Kier alpha value is -1.09. The predicted octanol–water partition coefficient (Wildman–Crippen LogP) is 1.58. The first-order valence-electron chi connectivity index (χ1n) is 4.69. The maximum atomic E-state index is 10.8. The number of esters is 1. The molecule has 78 valence electrons. The molecule has 1 N–H and O–H groups in total. The minimum absolute atomic E-state index is 0.308. The molecule has 1 heterocycles. The molecule has 0 aromatic rings. The zero-order valence-corrected chi connectivity index (χ0v) is 8.62. The Morgan fingerprint density at radius 3 is 2.86 bits per heavy atom. The van der Waals surface area contributed by atoms with E-state index in [-0.39, 0.29) is 5.97 Å². The molecule has 1 aliphatic rings. The lowest BCUT2D eigenvalue weighted by Gasteiger charge is -2.22. The summed E-state index contributed by atoms with van der Waals surface area (Å²) in [6, 6.07) is 0. The molecule has 0 amide bonds. The summed E-state index contributed by atoms with van der Waals surface area (Å²) >= 11 is 0. The number of hydrogen-bond acceptors (Lipinski definition) is 3. The summed E-state index contributed by atoms with van der Waals surface area (Å²) in [6.07, 6.45) is 3.82. The summed E-state index contributed by atoms with van der Waals surface area (Å²) in [5.74, 6) is -0.308. The first-order chi connectivity index (χ1) is 6.43. The van der Waals surface area contributed by atoms with Crippen LogP contribution in [0.15, 0.2) is 24.3 Å². The Balaban J connectivity index is 2.42. The van der Waals surface area contributed by atoms with Gasteiger partial charge in [0.15, 0.2) is 0 Å². The van der Waals surface area contributed by atoms with Crippen LogP contribution in [0.1, 0.15) is 26.7 Å². The second-order valence-corrected chi connectivity index (χ2v) is 3.97. The van der Waals surface area contributed by atoms with Crippen molar-refractivity contribution in [3.8, 4) is 0 Å². The molecule has 0 saturated carbocycles. The summed E-state index contributed by atoms with van der Waals surface area (Å²) in [7, 11) is 0. The van der Waals surface area contributed by atoms with Gasteiger partial charge in [-0.3, -0.25) is 0 Å². The molecule has 0 aliphatic carbocycles. The Bertz CT molecular complexity index is 280. The van der Waals surface area contributed by atoms with Crippen molar-refractivity contribution < 1.29 is 14.6 Å². The average molecular weight is 196 g/mol. The van der Waals surface area contributed by atoms with Crippen molar-refractivity contribution in [2.75, 3.05) is 0 Å². The second kappa shape index (κ2) is 3.96. The highest BCUT2D eigenvalue weighted by Crippen LogP contribution is 2.26. The van der Waals surface area contributed by atoms with E-state index in [0.29, 0.717) is 12.8 Å². The average Bonchev–Trinajstić information content (AvgIpc) is 2.43. The van der Waals surface area contributed by atoms with Gasteiger partial charge in [-0.1, -0.05) is 12.2 Å². The SMILES string of the molecule is C=C(C)[C@H](O)CC[C@]1(C)C=CC(=O)O1. The molecule has 0 fully saturated rings. The standard InChI is InChI=1S/C11H16O3/c1-8(2)9(12)4-6-11(3)7-5-10(13)14-11/h5,7,9,12H,1,4,6H2,2-3H3/t9-,11-/m1/s1.